The van der Waals surface area contributed by atoms with Gasteiger partial charge in [-0.25, -0.2) is 0 Å². The summed E-state index contributed by atoms with van der Waals surface area (Å²) >= 11 is 0. The van der Waals surface area contributed by atoms with Gasteiger partial charge in [0.15, 0.2) is 5.78 Å². The quantitative estimate of drug-likeness (QED) is 0.763. The van der Waals surface area contributed by atoms with Gasteiger partial charge < -0.3 is 0 Å². The number of benzene rings is 1. The number of ketones is 2. The van der Waals surface area contributed by atoms with Crippen molar-refractivity contribution in [2.45, 2.75) is 19.0 Å². The van der Waals surface area contributed by atoms with Crippen molar-refractivity contribution in [3.63, 3.8) is 0 Å². The summed E-state index contributed by atoms with van der Waals surface area (Å²) in [7, 11) is 0. The predicted molar refractivity (Wildman–Crippen MR) is 53.9 cm³/mol. The van der Waals surface area contributed by atoms with E-state index >= 15 is 0 Å². The highest BCUT2D eigenvalue weighted by Crippen LogP contribution is 2.32. The molecule has 17 heavy (non-hydrogen) atoms. The fourth-order valence-electron chi connectivity index (χ4n) is 1.53. The first-order chi connectivity index (χ1) is 7.89. The zero-order valence-corrected chi connectivity index (χ0v) is 8.75. The summed E-state index contributed by atoms with van der Waals surface area (Å²) in [4.78, 5) is 22.5. The van der Waals surface area contributed by atoms with Crippen LogP contribution in [0.4, 0.5) is 13.2 Å². The normalized spacial score (nSPS) is 15.7. The van der Waals surface area contributed by atoms with Crippen molar-refractivity contribution >= 4 is 11.6 Å². The Bertz CT molecular complexity index is 456. The Hall–Kier alpha value is -1.65. The van der Waals surface area contributed by atoms with Crippen molar-refractivity contribution in [2.24, 2.45) is 5.92 Å². The van der Waals surface area contributed by atoms with Crippen molar-refractivity contribution in [3.8, 4) is 0 Å². The highest BCUT2D eigenvalue weighted by molar-refractivity contribution is 6.03. The third-order valence-corrected chi connectivity index (χ3v) is 2.64. The molecule has 0 bridgehead atoms. The molecule has 1 aromatic carbocycles. The molecule has 0 N–H and O–H groups in total. The van der Waals surface area contributed by atoms with Gasteiger partial charge in [0.1, 0.15) is 0 Å². The van der Waals surface area contributed by atoms with Crippen molar-refractivity contribution in [2.75, 3.05) is 0 Å². The summed E-state index contributed by atoms with van der Waals surface area (Å²) in [6.45, 7) is 0. The van der Waals surface area contributed by atoms with E-state index in [2.05, 4.69) is 0 Å². The monoisotopic (exact) mass is 242 g/mol. The van der Waals surface area contributed by atoms with E-state index in [1.807, 2.05) is 0 Å². The summed E-state index contributed by atoms with van der Waals surface area (Å²) in [5, 5.41) is 0. The Morgan fingerprint density at radius 2 is 1.47 bits per heavy atom. The molecule has 1 aromatic rings. The van der Waals surface area contributed by atoms with Gasteiger partial charge in [-0.2, -0.15) is 13.2 Å². The minimum atomic E-state index is -4.87. The molecule has 0 radical (unpaired) electrons. The molecule has 5 heteroatoms. The highest BCUT2D eigenvalue weighted by atomic mass is 19.4. The number of halogens is 3. The van der Waals surface area contributed by atoms with Crippen molar-refractivity contribution in [3.05, 3.63) is 35.4 Å². The van der Waals surface area contributed by atoms with Gasteiger partial charge in [-0.15, -0.1) is 0 Å². The van der Waals surface area contributed by atoms with E-state index < -0.39 is 17.5 Å². The number of carbonyl (C=O) groups excluding carboxylic acids is 2. The molecule has 1 aliphatic carbocycles. The number of carbonyl (C=O) groups is 2. The van der Waals surface area contributed by atoms with Crippen LogP contribution in [0.3, 0.4) is 0 Å². The van der Waals surface area contributed by atoms with Gasteiger partial charge in [-0.1, -0.05) is 24.3 Å². The van der Waals surface area contributed by atoms with Crippen LogP contribution in [0.25, 0.3) is 0 Å². The molecule has 2 nitrogen and oxygen atoms in total. The van der Waals surface area contributed by atoms with Crippen LogP contribution in [0.2, 0.25) is 0 Å². The third kappa shape index (κ3) is 2.54. The largest absolute Gasteiger partial charge is 0.454 e. The van der Waals surface area contributed by atoms with E-state index in [1.165, 1.54) is 12.1 Å². The Labute approximate surface area is 95.4 Å². The van der Waals surface area contributed by atoms with Gasteiger partial charge in [-0.05, 0) is 12.8 Å². The Morgan fingerprint density at radius 3 is 1.88 bits per heavy atom. The summed E-state index contributed by atoms with van der Waals surface area (Å²) in [5.74, 6) is -1.93. The number of hydrogen-bond donors (Lipinski definition) is 0. The summed E-state index contributed by atoms with van der Waals surface area (Å²) in [5.41, 5.74) is -0.0731. The molecular formula is C12H9F3O2. The Kier molecular flexibility index (Phi) is 2.77. The van der Waals surface area contributed by atoms with Crippen LogP contribution in [-0.4, -0.2) is 17.7 Å². The van der Waals surface area contributed by atoms with E-state index in [0.717, 1.165) is 25.0 Å². The summed E-state index contributed by atoms with van der Waals surface area (Å²) in [6.07, 6.45) is -3.20. The third-order valence-electron chi connectivity index (χ3n) is 2.64. The van der Waals surface area contributed by atoms with Gasteiger partial charge >= 0.3 is 6.18 Å². The maximum Gasteiger partial charge on any atom is 0.454 e. The molecule has 0 aliphatic heterocycles. The van der Waals surface area contributed by atoms with Crippen LogP contribution >= 0.6 is 0 Å². The first-order valence-electron chi connectivity index (χ1n) is 5.15. The van der Waals surface area contributed by atoms with Gasteiger partial charge in [0, 0.05) is 17.0 Å². The van der Waals surface area contributed by atoms with Crippen LogP contribution in [0, 0.1) is 5.92 Å². The number of hydrogen-bond acceptors (Lipinski definition) is 2. The molecule has 90 valence electrons. The second-order valence-corrected chi connectivity index (χ2v) is 4.04. The van der Waals surface area contributed by atoms with E-state index in [1.54, 1.807) is 0 Å². The molecule has 0 heterocycles. The lowest BCUT2D eigenvalue weighted by atomic mass is 10.0. The maximum atomic E-state index is 12.1. The molecule has 2 rings (SSSR count). The van der Waals surface area contributed by atoms with E-state index in [0.29, 0.717) is 5.56 Å². The Morgan fingerprint density at radius 1 is 1.00 bits per heavy atom. The first kappa shape index (κ1) is 11.8. The smallest absolute Gasteiger partial charge is 0.294 e. The fraction of sp³-hybridized carbons (Fsp3) is 0.333. The van der Waals surface area contributed by atoms with Gasteiger partial charge in [0.2, 0.25) is 0 Å². The van der Waals surface area contributed by atoms with Crippen molar-refractivity contribution in [1.82, 2.24) is 0 Å². The average Bonchev–Trinajstić information content (AvgIpc) is 3.10. The van der Waals surface area contributed by atoms with E-state index in [-0.39, 0.29) is 11.7 Å². The van der Waals surface area contributed by atoms with Crippen LogP contribution < -0.4 is 0 Å². The van der Waals surface area contributed by atoms with Gasteiger partial charge in [-0.3, -0.25) is 9.59 Å². The standard InChI is InChI=1S/C12H9F3O2/c13-12(14,15)11(17)9-5-3-8(4-6-9)10(16)7-1-2-7/h3-7H,1-2H2. The average molecular weight is 242 g/mol. The number of alkyl halides is 3. The fourth-order valence-corrected chi connectivity index (χ4v) is 1.53. The predicted octanol–water partition coefficient (Wildman–Crippen LogP) is 3.02. The summed E-state index contributed by atoms with van der Waals surface area (Å²) in [6, 6.07) is 4.65. The minimum absolute atomic E-state index is 0.0131. The van der Waals surface area contributed by atoms with Crippen LogP contribution in [-0.2, 0) is 0 Å². The number of rotatable bonds is 3. The second kappa shape index (κ2) is 3.98. The molecule has 0 saturated heterocycles. The lowest BCUT2D eigenvalue weighted by Crippen LogP contribution is -2.22. The molecule has 1 fully saturated rings. The lowest BCUT2D eigenvalue weighted by Gasteiger charge is -2.05. The first-order valence-corrected chi connectivity index (χ1v) is 5.15. The van der Waals surface area contributed by atoms with Crippen LogP contribution in [0.5, 0.6) is 0 Å². The molecule has 0 unspecified atom stereocenters. The molecule has 0 amide bonds. The van der Waals surface area contributed by atoms with Crippen LogP contribution in [0.15, 0.2) is 24.3 Å². The lowest BCUT2D eigenvalue weighted by molar-refractivity contribution is -0.0885. The molecular weight excluding hydrogens is 233 g/mol. The zero-order chi connectivity index (χ0) is 12.6. The van der Waals surface area contributed by atoms with E-state index in [4.69, 9.17) is 0 Å². The highest BCUT2D eigenvalue weighted by Gasteiger charge is 2.39. The number of Topliss-reactive ketones (excluding diaryl/α,β-unsaturated/α-hetero) is 2. The molecule has 1 saturated carbocycles. The topological polar surface area (TPSA) is 34.1 Å². The molecule has 0 spiro atoms. The molecule has 1 aliphatic rings. The second-order valence-electron chi connectivity index (χ2n) is 4.04. The maximum absolute atomic E-state index is 12.1. The summed E-state index contributed by atoms with van der Waals surface area (Å²) < 4.78 is 36.3. The van der Waals surface area contributed by atoms with Crippen LogP contribution in [0.1, 0.15) is 33.6 Å². The molecule has 0 atom stereocenters. The SMILES string of the molecule is O=C(c1ccc(C(=O)C(F)(F)F)cc1)C1CC1. The van der Waals surface area contributed by atoms with Gasteiger partial charge in [0.05, 0.1) is 0 Å². The van der Waals surface area contributed by atoms with E-state index in [9.17, 15) is 22.8 Å². The zero-order valence-electron chi connectivity index (χ0n) is 8.75. The Balaban J connectivity index is 2.18. The van der Waals surface area contributed by atoms with Crippen molar-refractivity contribution in [1.29, 1.82) is 0 Å². The molecule has 0 aromatic heterocycles. The van der Waals surface area contributed by atoms with Gasteiger partial charge in [0.25, 0.3) is 5.78 Å². The minimum Gasteiger partial charge on any atom is -0.294 e. The van der Waals surface area contributed by atoms with Crippen molar-refractivity contribution < 1.29 is 22.8 Å².